The molecule has 0 radical (unpaired) electrons. The Kier molecular flexibility index (Phi) is 4.20. The largest absolute Gasteiger partial charge is 0.389 e. The van der Waals surface area contributed by atoms with E-state index < -0.39 is 11.6 Å². The summed E-state index contributed by atoms with van der Waals surface area (Å²) in [6.45, 7) is 1.82. The van der Waals surface area contributed by atoms with Crippen LogP contribution in [0.15, 0.2) is 30.3 Å². The highest BCUT2D eigenvalue weighted by Gasteiger charge is 2.14. The number of nitrogens with one attached hydrogen (secondary N) is 1. The normalized spacial score (nSPS) is 10.4. The minimum Gasteiger partial charge on any atom is -0.389 e. The molecule has 0 aliphatic heterocycles. The third kappa shape index (κ3) is 2.89. The fourth-order valence-corrected chi connectivity index (χ4v) is 2.24. The summed E-state index contributed by atoms with van der Waals surface area (Å²) < 4.78 is 26.9. The van der Waals surface area contributed by atoms with Gasteiger partial charge in [0, 0.05) is 11.6 Å². The Morgan fingerprint density at radius 1 is 1.25 bits per heavy atom. The molecule has 3 N–H and O–H groups in total. The van der Waals surface area contributed by atoms with Crippen LogP contribution >= 0.6 is 23.8 Å². The molecule has 20 heavy (non-hydrogen) atoms. The van der Waals surface area contributed by atoms with Crippen molar-refractivity contribution in [1.29, 1.82) is 0 Å². The lowest BCUT2D eigenvalue weighted by Crippen LogP contribution is -2.13. The third-order valence-corrected chi connectivity index (χ3v) is 3.31. The van der Waals surface area contributed by atoms with E-state index in [1.54, 1.807) is 12.1 Å². The lowest BCUT2D eigenvalue weighted by molar-refractivity contribution is 0.586. The zero-order chi connectivity index (χ0) is 14.9. The van der Waals surface area contributed by atoms with Crippen molar-refractivity contribution in [1.82, 2.24) is 0 Å². The van der Waals surface area contributed by atoms with E-state index in [2.05, 4.69) is 5.32 Å². The molecule has 2 rings (SSSR count). The number of rotatable bonds is 3. The maximum Gasteiger partial charge on any atom is 0.151 e. The number of hydrogen-bond donors (Lipinski definition) is 2. The van der Waals surface area contributed by atoms with E-state index in [1.165, 1.54) is 0 Å². The summed E-state index contributed by atoms with van der Waals surface area (Å²) in [5, 5.41) is 2.79. The zero-order valence-electron chi connectivity index (χ0n) is 10.5. The number of anilines is 2. The topological polar surface area (TPSA) is 38.0 Å². The van der Waals surface area contributed by atoms with E-state index in [0.717, 1.165) is 17.7 Å². The molecule has 0 bridgehead atoms. The van der Waals surface area contributed by atoms with E-state index in [9.17, 15) is 8.78 Å². The SMILES string of the molecule is Cc1cccc(C(N)=S)c1Nc1c(F)cc(F)cc1Cl. The summed E-state index contributed by atoms with van der Waals surface area (Å²) >= 11 is 10.8. The van der Waals surface area contributed by atoms with Gasteiger partial charge in [0.05, 0.1) is 16.4 Å². The van der Waals surface area contributed by atoms with Gasteiger partial charge in [-0.25, -0.2) is 8.78 Å². The zero-order valence-corrected chi connectivity index (χ0v) is 12.1. The van der Waals surface area contributed by atoms with Crippen LogP contribution in [0.1, 0.15) is 11.1 Å². The number of para-hydroxylation sites is 1. The van der Waals surface area contributed by atoms with Crippen molar-refractivity contribution < 1.29 is 8.78 Å². The number of hydrogen-bond acceptors (Lipinski definition) is 2. The summed E-state index contributed by atoms with van der Waals surface area (Å²) in [4.78, 5) is 0.176. The molecule has 104 valence electrons. The Hall–Kier alpha value is -1.72. The van der Waals surface area contributed by atoms with Crippen LogP contribution in [0.25, 0.3) is 0 Å². The van der Waals surface area contributed by atoms with Crippen molar-refractivity contribution in [3.8, 4) is 0 Å². The maximum atomic E-state index is 13.8. The summed E-state index contributed by atoms with van der Waals surface area (Å²) in [5.74, 6) is -1.52. The monoisotopic (exact) mass is 312 g/mol. The molecular weight excluding hydrogens is 302 g/mol. The summed E-state index contributed by atoms with van der Waals surface area (Å²) in [7, 11) is 0. The molecule has 0 heterocycles. The van der Waals surface area contributed by atoms with Gasteiger partial charge in [0.15, 0.2) is 5.82 Å². The summed E-state index contributed by atoms with van der Waals surface area (Å²) in [6.07, 6.45) is 0. The van der Waals surface area contributed by atoms with Crippen molar-refractivity contribution >= 4 is 40.2 Å². The van der Waals surface area contributed by atoms with Crippen molar-refractivity contribution in [3.63, 3.8) is 0 Å². The predicted molar refractivity (Wildman–Crippen MR) is 81.7 cm³/mol. The van der Waals surface area contributed by atoms with Gasteiger partial charge in [0.2, 0.25) is 0 Å². The van der Waals surface area contributed by atoms with Crippen molar-refractivity contribution in [3.05, 3.63) is 58.1 Å². The number of nitrogens with two attached hydrogens (primary N) is 1. The van der Waals surface area contributed by atoms with E-state index in [4.69, 9.17) is 29.6 Å². The fraction of sp³-hybridized carbons (Fsp3) is 0.0714. The number of aryl methyl sites for hydroxylation is 1. The standard InChI is InChI=1S/C14H11ClF2N2S/c1-7-3-2-4-9(14(18)20)12(7)19-13-10(15)5-8(16)6-11(13)17/h2-6,19H,1H3,(H2,18,20). The number of halogens is 3. The van der Waals surface area contributed by atoms with Crippen LogP contribution < -0.4 is 11.1 Å². The second-order valence-corrected chi connectivity index (χ2v) is 5.08. The van der Waals surface area contributed by atoms with Crippen LogP contribution in [-0.2, 0) is 0 Å². The molecule has 6 heteroatoms. The van der Waals surface area contributed by atoms with Gasteiger partial charge < -0.3 is 11.1 Å². The molecule has 2 nitrogen and oxygen atoms in total. The molecule has 0 atom stereocenters. The van der Waals surface area contributed by atoms with Gasteiger partial charge in [-0.1, -0.05) is 36.0 Å². The van der Waals surface area contributed by atoms with Crippen molar-refractivity contribution in [2.24, 2.45) is 5.73 Å². The fourth-order valence-electron chi connectivity index (χ4n) is 1.83. The van der Waals surface area contributed by atoms with Gasteiger partial charge in [-0.2, -0.15) is 0 Å². The average Bonchev–Trinajstić information content (AvgIpc) is 2.34. The first kappa shape index (κ1) is 14.7. The molecule has 0 spiro atoms. The van der Waals surface area contributed by atoms with Gasteiger partial charge in [0.25, 0.3) is 0 Å². The minimum absolute atomic E-state index is 0.0140. The smallest absolute Gasteiger partial charge is 0.151 e. The first-order chi connectivity index (χ1) is 9.40. The molecule has 0 fully saturated rings. The molecule has 0 aromatic heterocycles. The molecular formula is C14H11ClF2N2S. The first-order valence-corrected chi connectivity index (χ1v) is 6.49. The molecule has 0 saturated carbocycles. The number of thiocarbonyl (C=S) groups is 1. The summed E-state index contributed by atoms with van der Waals surface area (Å²) in [5.41, 5.74) is 7.56. The molecule has 2 aromatic rings. The van der Waals surface area contributed by atoms with E-state index in [1.807, 2.05) is 13.0 Å². The highest BCUT2D eigenvalue weighted by atomic mass is 35.5. The second kappa shape index (κ2) is 5.73. The highest BCUT2D eigenvalue weighted by Crippen LogP contribution is 2.32. The van der Waals surface area contributed by atoms with Crippen LogP contribution in [-0.4, -0.2) is 4.99 Å². The Balaban J connectivity index is 2.53. The van der Waals surface area contributed by atoms with Crippen LogP contribution in [0.3, 0.4) is 0 Å². The summed E-state index contributed by atoms with van der Waals surface area (Å²) in [6, 6.07) is 7.11. The molecule has 0 saturated heterocycles. The maximum absolute atomic E-state index is 13.8. The lowest BCUT2D eigenvalue weighted by Gasteiger charge is -2.15. The molecule has 0 aliphatic rings. The lowest BCUT2D eigenvalue weighted by atomic mass is 10.1. The average molecular weight is 313 g/mol. The van der Waals surface area contributed by atoms with Gasteiger partial charge in [0.1, 0.15) is 10.8 Å². The van der Waals surface area contributed by atoms with Gasteiger partial charge >= 0.3 is 0 Å². The third-order valence-electron chi connectivity index (χ3n) is 2.80. The highest BCUT2D eigenvalue weighted by molar-refractivity contribution is 7.80. The van der Waals surface area contributed by atoms with Crippen LogP contribution in [0.4, 0.5) is 20.2 Å². The van der Waals surface area contributed by atoms with Crippen LogP contribution in [0, 0.1) is 18.6 Å². The molecule has 0 unspecified atom stereocenters. The second-order valence-electron chi connectivity index (χ2n) is 4.23. The minimum atomic E-state index is -0.785. The Morgan fingerprint density at radius 2 is 1.95 bits per heavy atom. The molecule has 2 aromatic carbocycles. The van der Waals surface area contributed by atoms with E-state index in [0.29, 0.717) is 11.3 Å². The Bertz CT molecular complexity index is 666. The number of benzene rings is 2. The quantitative estimate of drug-likeness (QED) is 0.830. The van der Waals surface area contributed by atoms with E-state index in [-0.39, 0.29) is 15.7 Å². The molecule has 0 amide bonds. The Morgan fingerprint density at radius 3 is 2.55 bits per heavy atom. The van der Waals surface area contributed by atoms with E-state index >= 15 is 0 Å². The molecule has 0 aliphatic carbocycles. The van der Waals surface area contributed by atoms with Gasteiger partial charge in [-0.3, -0.25) is 0 Å². The Labute approximate surface area is 125 Å². The van der Waals surface area contributed by atoms with Gasteiger partial charge in [-0.15, -0.1) is 0 Å². The van der Waals surface area contributed by atoms with Crippen LogP contribution in [0.2, 0.25) is 5.02 Å². The van der Waals surface area contributed by atoms with Crippen LogP contribution in [0.5, 0.6) is 0 Å². The van der Waals surface area contributed by atoms with Crippen molar-refractivity contribution in [2.75, 3.05) is 5.32 Å². The van der Waals surface area contributed by atoms with Crippen molar-refractivity contribution in [2.45, 2.75) is 6.92 Å². The van der Waals surface area contributed by atoms with Gasteiger partial charge in [-0.05, 0) is 24.6 Å². The predicted octanol–water partition coefficient (Wildman–Crippen LogP) is 4.30. The first-order valence-electron chi connectivity index (χ1n) is 5.71.